The molecule has 1 heterocycles. The number of carbonyl (C=O) groups excluding carboxylic acids is 2. The summed E-state index contributed by atoms with van der Waals surface area (Å²) < 4.78 is 38.8. The van der Waals surface area contributed by atoms with E-state index in [2.05, 4.69) is 5.32 Å². The lowest BCUT2D eigenvalue weighted by Crippen LogP contribution is -2.49. The van der Waals surface area contributed by atoms with E-state index in [0.717, 1.165) is 17.7 Å². The molecule has 0 saturated carbocycles. The number of aryl methyl sites for hydroxylation is 1. The van der Waals surface area contributed by atoms with Gasteiger partial charge in [0.15, 0.2) is 0 Å². The van der Waals surface area contributed by atoms with E-state index >= 15 is 0 Å². The molecule has 0 unspecified atom stereocenters. The van der Waals surface area contributed by atoms with Crippen LogP contribution in [0.25, 0.3) is 0 Å². The second-order valence-corrected chi connectivity index (χ2v) is 7.45. The molecule has 1 saturated heterocycles. The molecule has 11 heteroatoms. The van der Waals surface area contributed by atoms with Crippen LogP contribution < -0.4 is 10.2 Å². The fourth-order valence-corrected chi connectivity index (χ4v) is 3.53. The summed E-state index contributed by atoms with van der Waals surface area (Å²) in [5, 5.41) is 14.0. The predicted molar refractivity (Wildman–Crippen MR) is 112 cm³/mol. The zero-order valence-corrected chi connectivity index (χ0v) is 17.4. The molecule has 0 bridgehead atoms. The average Bonchev–Trinajstić information content (AvgIpc) is 2.73. The molecular weight excluding hydrogens is 429 g/mol. The molecule has 0 aliphatic carbocycles. The first-order valence-electron chi connectivity index (χ1n) is 9.75. The predicted octanol–water partition coefficient (Wildman–Crippen LogP) is 3.84. The zero-order valence-electron chi connectivity index (χ0n) is 17.4. The van der Waals surface area contributed by atoms with Crippen molar-refractivity contribution >= 4 is 28.9 Å². The van der Waals surface area contributed by atoms with Crippen molar-refractivity contribution in [1.29, 1.82) is 0 Å². The molecule has 0 atom stereocenters. The number of alkyl halides is 3. The van der Waals surface area contributed by atoms with Crippen molar-refractivity contribution in [1.82, 2.24) is 4.90 Å². The number of anilines is 2. The van der Waals surface area contributed by atoms with Gasteiger partial charge < -0.3 is 15.1 Å². The number of rotatable bonds is 4. The Labute approximate surface area is 181 Å². The minimum absolute atomic E-state index is 0.0818. The molecule has 2 aromatic carbocycles. The van der Waals surface area contributed by atoms with E-state index in [1.807, 2.05) is 0 Å². The standard InChI is InChI=1S/C21H21F3N4O4/c1-13-3-4-15(11-17(13)25-14(2)29)20(30)27-9-7-26(8-10-27)18-6-5-16(21(22,23)24)12-19(18)28(31)32/h3-6,11-12H,7-10H2,1-2H3,(H,25,29). The molecule has 0 radical (unpaired) electrons. The fourth-order valence-electron chi connectivity index (χ4n) is 3.53. The number of nitro groups is 1. The van der Waals surface area contributed by atoms with Crippen LogP contribution in [-0.2, 0) is 11.0 Å². The van der Waals surface area contributed by atoms with Gasteiger partial charge in [-0.2, -0.15) is 13.2 Å². The number of nitrogens with zero attached hydrogens (tertiary/aromatic N) is 3. The second kappa shape index (κ2) is 8.85. The van der Waals surface area contributed by atoms with E-state index in [-0.39, 0.29) is 43.7 Å². The largest absolute Gasteiger partial charge is 0.416 e. The maximum atomic E-state index is 12.9. The van der Waals surface area contributed by atoms with E-state index in [0.29, 0.717) is 17.3 Å². The van der Waals surface area contributed by atoms with Crippen molar-refractivity contribution in [3.05, 3.63) is 63.2 Å². The van der Waals surface area contributed by atoms with Crippen LogP contribution in [0, 0.1) is 17.0 Å². The van der Waals surface area contributed by atoms with Crippen molar-refractivity contribution in [3.8, 4) is 0 Å². The zero-order chi connectivity index (χ0) is 23.6. The van der Waals surface area contributed by atoms with Gasteiger partial charge >= 0.3 is 6.18 Å². The third-order valence-electron chi connectivity index (χ3n) is 5.20. The quantitative estimate of drug-likeness (QED) is 0.564. The number of benzene rings is 2. The van der Waals surface area contributed by atoms with Gasteiger partial charge in [0, 0.05) is 50.4 Å². The van der Waals surface area contributed by atoms with Gasteiger partial charge in [-0.05, 0) is 36.8 Å². The summed E-state index contributed by atoms with van der Waals surface area (Å²) in [4.78, 5) is 37.9. The van der Waals surface area contributed by atoms with Gasteiger partial charge in [-0.3, -0.25) is 19.7 Å². The molecule has 2 amide bonds. The molecule has 32 heavy (non-hydrogen) atoms. The molecule has 170 valence electrons. The van der Waals surface area contributed by atoms with Crippen LogP contribution in [0.4, 0.5) is 30.2 Å². The highest BCUT2D eigenvalue weighted by atomic mass is 19.4. The van der Waals surface area contributed by atoms with Crippen molar-refractivity contribution in [2.45, 2.75) is 20.0 Å². The van der Waals surface area contributed by atoms with Gasteiger partial charge in [0.25, 0.3) is 11.6 Å². The molecule has 1 fully saturated rings. The maximum Gasteiger partial charge on any atom is 0.416 e. The highest BCUT2D eigenvalue weighted by molar-refractivity contribution is 5.97. The van der Waals surface area contributed by atoms with Crippen LogP contribution in [-0.4, -0.2) is 47.8 Å². The minimum Gasteiger partial charge on any atom is -0.362 e. The van der Waals surface area contributed by atoms with E-state index in [1.165, 1.54) is 6.92 Å². The van der Waals surface area contributed by atoms with Crippen LogP contribution in [0.15, 0.2) is 36.4 Å². The Morgan fingerprint density at radius 1 is 1.06 bits per heavy atom. The van der Waals surface area contributed by atoms with Gasteiger partial charge in [0.05, 0.1) is 10.5 Å². The van der Waals surface area contributed by atoms with Gasteiger partial charge in [-0.1, -0.05) is 6.07 Å². The van der Waals surface area contributed by atoms with Crippen LogP contribution in [0.1, 0.15) is 28.4 Å². The molecular formula is C21H21F3N4O4. The SMILES string of the molecule is CC(=O)Nc1cc(C(=O)N2CCN(c3ccc(C(F)(F)F)cc3[N+](=O)[O-])CC2)ccc1C. The molecule has 2 aromatic rings. The lowest BCUT2D eigenvalue weighted by atomic mass is 10.1. The van der Waals surface area contributed by atoms with Crippen molar-refractivity contribution in [2.24, 2.45) is 0 Å². The molecule has 0 aromatic heterocycles. The summed E-state index contributed by atoms with van der Waals surface area (Å²) in [6.45, 7) is 4.09. The first-order valence-corrected chi connectivity index (χ1v) is 9.75. The monoisotopic (exact) mass is 450 g/mol. The van der Waals surface area contributed by atoms with Gasteiger partial charge in [0.1, 0.15) is 5.69 Å². The lowest BCUT2D eigenvalue weighted by Gasteiger charge is -2.36. The highest BCUT2D eigenvalue weighted by Crippen LogP contribution is 2.36. The fraction of sp³-hybridized carbons (Fsp3) is 0.333. The smallest absolute Gasteiger partial charge is 0.362 e. The van der Waals surface area contributed by atoms with Gasteiger partial charge in [-0.15, -0.1) is 0 Å². The lowest BCUT2D eigenvalue weighted by molar-refractivity contribution is -0.384. The molecule has 8 nitrogen and oxygen atoms in total. The Morgan fingerprint density at radius 2 is 1.72 bits per heavy atom. The Bertz CT molecular complexity index is 1060. The van der Waals surface area contributed by atoms with Crippen LogP contribution in [0.2, 0.25) is 0 Å². The van der Waals surface area contributed by atoms with Crippen LogP contribution >= 0.6 is 0 Å². The number of amides is 2. The van der Waals surface area contributed by atoms with E-state index in [1.54, 1.807) is 34.9 Å². The third kappa shape index (κ3) is 4.98. The van der Waals surface area contributed by atoms with E-state index < -0.39 is 22.4 Å². The number of hydrogen-bond acceptors (Lipinski definition) is 5. The van der Waals surface area contributed by atoms with Crippen LogP contribution in [0.5, 0.6) is 0 Å². The first kappa shape index (κ1) is 23.0. The second-order valence-electron chi connectivity index (χ2n) is 7.45. The van der Waals surface area contributed by atoms with Crippen molar-refractivity contribution in [3.63, 3.8) is 0 Å². The average molecular weight is 450 g/mol. The number of nitrogens with one attached hydrogen (secondary N) is 1. The Balaban J connectivity index is 1.75. The Hall–Kier alpha value is -3.63. The minimum atomic E-state index is -4.68. The molecule has 1 N–H and O–H groups in total. The molecule has 3 rings (SSSR count). The summed E-state index contributed by atoms with van der Waals surface area (Å²) in [6.07, 6.45) is -4.68. The van der Waals surface area contributed by atoms with Gasteiger partial charge in [0.2, 0.25) is 5.91 Å². The summed E-state index contributed by atoms with van der Waals surface area (Å²) in [5.74, 6) is -0.525. The van der Waals surface area contributed by atoms with Crippen molar-refractivity contribution in [2.75, 3.05) is 36.4 Å². The van der Waals surface area contributed by atoms with E-state index in [9.17, 15) is 32.9 Å². The Morgan fingerprint density at radius 3 is 2.28 bits per heavy atom. The van der Waals surface area contributed by atoms with Crippen molar-refractivity contribution < 1.29 is 27.7 Å². The number of carbonyl (C=O) groups is 2. The molecule has 0 spiro atoms. The molecule has 1 aliphatic rings. The number of halogens is 3. The van der Waals surface area contributed by atoms with E-state index in [4.69, 9.17) is 0 Å². The highest BCUT2D eigenvalue weighted by Gasteiger charge is 2.34. The Kier molecular flexibility index (Phi) is 6.37. The summed E-state index contributed by atoms with van der Waals surface area (Å²) in [7, 11) is 0. The van der Waals surface area contributed by atoms with Gasteiger partial charge in [-0.25, -0.2) is 0 Å². The topological polar surface area (TPSA) is 95.8 Å². The maximum absolute atomic E-state index is 12.9. The number of piperazine rings is 1. The number of nitro benzene ring substituents is 1. The summed E-state index contributed by atoms with van der Waals surface area (Å²) in [6, 6.07) is 7.40. The number of hydrogen-bond donors (Lipinski definition) is 1. The third-order valence-corrected chi connectivity index (χ3v) is 5.20. The normalized spacial score (nSPS) is 14.3. The summed E-state index contributed by atoms with van der Waals surface area (Å²) in [5.41, 5.74) is 0.0828. The first-order chi connectivity index (χ1) is 15.0. The van der Waals surface area contributed by atoms with Crippen LogP contribution in [0.3, 0.4) is 0 Å². The summed E-state index contributed by atoms with van der Waals surface area (Å²) >= 11 is 0. The molecule has 1 aliphatic heterocycles.